The number of methoxy groups -OCH3 is 1. The first-order valence-electron chi connectivity index (χ1n) is 5.89. The Morgan fingerprint density at radius 3 is 2.88 bits per heavy atom. The predicted octanol–water partition coefficient (Wildman–Crippen LogP) is 0.519. The highest BCUT2D eigenvalue weighted by Gasteiger charge is 2.09. The van der Waals surface area contributed by atoms with E-state index in [0.717, 1.165) is 25.4 Å². The summed E-state index contributed by atoms with van der Waals surface area (Å²) in [7, 11) is 3.62. The molecule has 0 aliphatic heterocycles. The largest absolute Gasteiger partial charge is 0.382 e. The van der Waals surface area contributed by atoms with Gasteiger partial charge in [0.2, 0.25) is 0 Å². The van der Waals surface area contributed by atoms with Crippen LogP contribution in [-0.2, 0) is 16.5 Å². The molecular formula is C11H22N4O2. The third-order valence-electron chi connectivity index (χ3n) is 2.48. The van der Waals surface area contributed by atoms with Crippen LogP contribution >= 0.6 is 0 Å². The molecule has 1 heterocycles. The second-order valence-electron chi connectivity index (χ2n) is 3.93. The normalized spacial score (nSPS) is 12.9. The topological polar surface area (TPSA) is 61.2 Å². The molecule has 0 aliphatic carbocycles. The van der Waals surface area contributed by atoms with Gasteiger partial charge in [0.05, 0.1) is 19.3 Å². The van der Waals surface area contributed by atoms with E-state index in [1.165, 1.54) is 0 Å². The van der Waals surface area contributed by atoms with Crippen LogP contribution in [0.1, 0.15) is 25.2 Å². The molecule has 0 radical (unpaired) electrons. The Hall–Kier alpha value is -0.980. The van der Waals surface area contributed by atoms with Crippen LogP contribution < -0.4 is 5.32 Å². The van der Waals surface area contributed by atoms with Crippen molar-refractivity contribution in [1.29, 1.82) is 0 Å². The van der Waals surface area contributed by atoms with Crippen molar-refractivity contribution in [3.63, 3.8) is 0 Å². The van der Waals surface area contributed by atoms with Gasteiger partial charge in [0.25, 0.3) is 0 Å². The molecule has 0 saturated heterocycles. The maximum atomic E-state index is 5.37. The Kier molecular flexibility index (Phi) is 6.76. The summed E-state index contributed by atoms with van der Waals surface area (Å²) < 4.78 is 12.2. The Balaban J connectivity index is 2.05. The van der Waals surface area contributed by atoms with Crippen molar-refractivity contribution in [3.8, 4) is 0 Å². The van der Waals surface area contributed by atoms with Gasteiger partial charge in [-0.1, -0.05) is 0 Å². The zero-order chi connectivity index (χ0) is 12.5. The molecule has 1 aromatic rings. The number of nitrogens with zero attached hydrogens (tertiary/aromatic N) is 3. The Bertz CT molecular complexity index is 303. The van der Waals surface area contributed by atoms with Gasteiger partial charge in [-0.25, -0.2) is 0 Å². The molecule has 1 unspecified atom stereocenters. The van der Waals surface area contributed by atoms with Crippen molar-refractivity contribution < 1.29 is 9.47 Å². The van der Waals surface area contributed by atoms with E-state index in [2.05, 4.69) is 22.4 Å². The molecule has 0 spiro atoms. The molecular weight excluding hydrogens is 220 g/mol. The lowest BCUT2D eigenvalue weighted by Crippen LogP contribution is -2.23. The molecule has 6 heteroatoms. The second kappa shape index (κ2) is 8.16. The van der Waals surface area contributed by atoms with Gasteiger partial charge in [-0.3, -0.25) is 0 Å². The van der Waals surface area contributed by atoms with E-state index in [-0.39, 0.29) is 6.04 Å². The molecule has 6 nitrogen and oxygen atoms in total. The van der Waals surface area contributed by atoms with Crippen LogP contribution in [-0.4, -0.2) is 48.2 Å². The molecule has 1 rings (SSSR count). The third kappa shape index (κ3) is 5.25. The van der Waals surface area contributed by atoms with Gasteiger partial charge in [-0.05, 0) is 19.9 Å². The lowest BCUT2D eigenvalue weighted by molar-refractivity contribution is 0.0692. The number of aryl methyl sites for hydroxylation is 1. The predicted molar refractivity (Wildman–Crippen MR) is 64.7 cm³/mol. The fraction of sp³-hybridized carbons (Fsp3) is 0.818. The minimum absolute atomic E-state index is 0.210. The zero-order valence-corrected chi connectivity index (χ0v) is 10.8. The van der Waals surface area contributed by atoms with Crippen LogP contribution in [0.15, 0.2) is 6.33 Å². The quantitative estimate of drug-likeness (QED) is 0.640. The van der Waals surface area contributed by atoms with E-state index >= 15 is 0 Å². The molecule has 0 aromatic carbocycles. The SMILES string of the molecule is COCCOCCCNC(C)c1nncn1C. The van der Waals surface area contributed by atoms with Gasteiger partial charge in [0.15, 0.2) is 0 Å². The van der Waals surface area contributed by atoms with Crippen molar-refractivity contribution in [2.45, 2.75) is 19.4 Å². The molecule has 17 heavy (non-hydrogen) atoms. The number of rotatable bonds is 9. The third-order valence-corrected chi connectivity index (χ3v) is 2.48. The minimum atomic E-state index is 0.210. The van der Waals surface area contributed by atoms with Gasteiger partial charge in [0.1, 0.15) is 12.2 Å². The lowest BCUT2D eigenvalue weighted by Gasteiger charge is -2.12. The molecule has 0 amide bonds. The highest BCUT2D eigenvalue weighted by atomic mass is 16.5. The average molecular weight is 242 g/mol. The summed E-state index contributed by atoms with van der Waals surface area (Å²) in [4.78, 5) is 0. The van der Waals surface area contributed by atoms with E-state index in [0.29, 0.717) is 13.2 Å². The number of ether oxygens (including phenoxy) is 2. The number of nitrogens with one attached hydrogen (secondary N) is 1. The smallest absolute Gasteiger partial charge is 0.149 e. The molecule has 0 bridgehead atoms. The summed E-state index contributed by atoms with van der Waals surface area (Å²) in [5.74, 6) is 0.949. The van der Waals surface area contributed by atoms with Crippen LogP contribution in [0, 0.1) is 0 Å². The molecule has 1 N–H and O–H groups in total. The summed E-state index contributed by atoms with van der Waals surface area (Å²) in [6.45, 7) is 5.05. The van der Waals surface area contributed by atoms with Crippen LogP contribution in [0.3, 0.4) is 0 Å². The fourth-order valence-electron chi connectivity index (χ4n) is 1.51. The summed E-state index contributed by atoms with van der Waals surface area (Å²) in [5.41, 5.74) is 0. The summed E-state index contributed by atoms with van der Waals surface area (Å²) in [6, 6.07) is 0.210. The number of hydrogen-bond acceptors (Lipinski definition) is 5. The van der Waals surface area contributed by atoms with Crippen LogP contribution in [0.2, 0.25) is 0 Å². The molecule has 1 aromatic heterocycles. The molecule has 1 atom stereocenters. The molecule has 0 saturated carbocycles. The highest BCUT2D eigenvalue weighted by Crippen LogP contribution is 2.06. The van der Waals surface area contributed by atoms with Crippen LogP contribution in [0.4, 0.5) is 0 Å². The van der Waals surface area contributed by atoms with Crippen molar-refractivity contribution in [3.05, 3.63) is 12.2 Å². The summed E-state index contributed by atoms with van der Waals surface area (Å²) >= 11 is 0. The van der Waals surface area contributed by atoms with E-state index in [9.17, 15) is 0 Å². The minimum Gasteiger partial charge on any atom is -0.382 e. The molecule has 98 valence electrons. The Morgan fingerprint density at radius 2 is 2.24 bits per heavy atom. The van der Waals surface area contributed by atoms with E-state index in [1.54, 1.807) is 13.4 Å². The van der Waals surface area contributed by atoms with Crippen molar-refractivity contribution in [2.75, 3.05) is 33.5 Å². The number of hydrogen-bond donors (Lipinski definition) is 1. The summed E-state index contributed by atoms with van der Waals surface area (Å²) in [6.07, 6.45) is 2.69. The fourth-order valence-corrected chi connectivity index (χ4v) is 1.51. The maximum absolute atomic E-state index is 5.37. The number of aromatic nitrogens is 3. The van der Waals surface area contributed by atoms with Crippen LogP contribution in [0.5, 0.6) is 0 Å². The first-order chi connectivity index (χ1) is 8.25. The standard InChI is InChI=1S/C11H22N4O2/c1-10(11-14-13-9-15(11)2)12-5-4-6-17-8-7-16-3/h9-10,12H,4-8H2,1-3H3. The molecule has 0 fully saturated rings. The van der Waals surface area contributed by atoms with Gasteiger partial charge in [-0.15, -0.1) is 10.2 Å². The summed E-state index contributed by atoms with van der Waals surface area (Å²) in [5, 5.41) is 11.3. The van der Waals surface area contributed by atoms with Crippen LogP contribution in [0.25, 0.3) is 0 Å². The first kappa shape index (κ1) is 14.1. The van der Waals surface area contributed by atoms with Gasteiger partial charge < -0.3 is 19.4 Å². The van der Waals surface area contributed by atoms with Gasteiger partial charge in [-0.2, -0.15) is 0 Å². The Morgan fingerprint density at radius 1 is 1.41 bits per heavy atom. The zero-order valence-electron chi connectivity index (χ0n) is 10.8. The van der Waals surface area contributed by atoms with Crippen molar-refractivity contribution in [1.82, 2.24) is 20.1 Å². The van der Waals surface area contributed by atoms with E-state index in [1.807, 2.05) is 11.6 Å². The lowest BCUT2D eigenvalue weighted by atomic mass is 10.3. The van der Waals surface area contributed by atoms with Gasteiger partial charge in [0, 0.05) is 20.8 Å². The maximum Gasteiger partial charge on any atom is 0.149 e. The van der Waals surface area contributed by atoms with E-state index < -0.39 is 0 Å². The van der Waals surface area contributed by atoms with Crippen molar-refractivity contribution >= 4 is 0 Å². The molecule has 0 aliphatic rings. The Labute approximate surface area is 102 Å². The monoisotopic (exact) mass is 242 g/mol. The van der Waals surface area contributed by atoms with Crippen molar-refractivity contribution in [2.24, 2.45) is 7.05 Å². The average Bonchev–Trinajstić information content (AvgIpc) is 2.74. The second-order valence-corrected chi connectivity index (χ2v) is 3.93. The van der Waals surface area contributed by atoms with Gasteiger partial charge >= 0.3 is 0 Å². The van der Waals surface area contributed by atoms with E-state index in [4.69, 9.17) is 9.47 Å². The first-order valence-corrected chi connectivity index (χ1v) is 5.89. The highest BCUT2D eigenvalue weighted by molar-refractivity contribution is 4.91.